The van der Waals surface area contributed by atoms with E-state index in [1.54, 1.807) is 25.1 Å². The van der Waals surface area contributed by atoms with Crippen LogP contribution in [0.1, 0.15) is 18.9 Å². The molecule has 2 rings (SSSR count). The first-order valence-corrected chi connectivity index (χ1v) is 8.04. The van der Waals surface area contributed by atoms with Crippen molar-refractivity contribution in [2.75, 3.05) is 0 Å². The lowest BCUT2D eigenvalue weighted by molar-refractivity contribution is 0.471. The summed E-state index contributed by atoms with van der Waals surface area (Å²) >= 11 is 0. The standard InChI is InChI=1S/C15H15FN2O3S/c1-2-14(13-10-11(16)8-9-15(13)19)17-18-22(20,21)12-6-4-3-5-7-12/h3-10,18-19H,2H2,1H3. The van der Waals surface area contributed by atoms with Crippen LogP contribution in [0.4, 0.5) is 4.39 Å². The number of rotatable bonds is 5. The molecule has 0 aliphatic heterocycles. The Balaban J connectivity index is 2.32. The molecule has 0 saturated carbocycles. The lowest BCUT2D eigenvalue weighted by atomic mass is 10.1. The van der Waals surface area contributed by atoms with Gasteiger partial charge < -0.3 is 5.11 Å². The van der Waals surface area contributed by atoms with Crippen molar-refractivity contribution >= 4 is 15.7 Å². The van der Waals surface area contributed by atoms with Crippen LogP contribution in [-0.2, 0) is 10.0 Å². The minimum Gasteiger partial charge on any atom is -0.507 e. The van der Waals surface area contributed by atoms with Gasteiger partial charge in [-0.3, -0.25) is 0 Å². The molecule has 0 amide bonds. The van der Waals surface area contributed by atoms with Gasteiger partial charge in [-0.2, -0.15) is 18.4 Å². The summed E-state index contributed by atoms with van der Waals surface area (Å²) in [6, 6.07) is 11.2. The average Bonchev–Trinajstić information content (AvgIpc) is 2.52. The summed E-state index contributed by atoms with van der Waals surface area (Å²) < 4.78 is 37.4. The van der Waals surface area contributed by atoms with Crippen LogP contribution >= 0.6 is 0 Å². The quantitative estimate of drug-likeness (QED) is 0.656. The van der Waals surface area contributed by atoms with E-state index in [9.17, 15) is 17.9 Å². The molecular formula is C15H15FN2O3S. The molecule has 116 valence electrons. The van der Waals surface area contributed by atoms with Gasteiger partial charge in [0.05, 0.1) is 10.6 Å². The zero-order valence-corrected chi connectivity index (χ0v) is 12.6. The van der Waals surface area contributed by atoms with E-state index in [1.807, 2.05) is 0 Å². The van der Waals surface area contributed by atoms with E-state index in [1.165, 1.54) is 18.2 Å². The molecule has 2 N–H and O–H groups in total. The van der Waals surface area contributed by atoms with E-state index in [0.29, 0.717) is 6.42 Å². The molecule has 7 heteroatoms. The molecule has 0 bridgehead atoms. The number of phenols is 1. The molecular weight excluding hydrogens is 307 g/mol. The van der Waals surface area contributed by atoms with Crippen LogP contribution < -0.4 is 4.83 Å². The predicted octanol–water partition coefficient (Wildman–Crippen LogP) is 2.62. The summed E-state index contributed by atoms with van der Waals surface area (Å²) in [5.41, 5.74) is 0.384. The fraction of sp³-hybridized carbons (Fsp3) is 0.133. The van der Waals surface area contributed by atoms with Crippen LogP contribution in [0.2, 0.25) is 0 Å². The smallest absolute Gasteiger partial charge is 0.276 e. The second kappa shape index (κ2) is 6.57. The largest absolute Gasteiger partial charge is 0.507 e. The van der Waals surface area contributed by atoms with E-state index in [2.05, 4.69) is 9.93 Å². The van der Waals surface area contributed by atoms with Crippen molar-refractivity contribution in [3.05, 3.63) is 59.9 Å². The summed E-state index contributed by atoms with van der Waals surface area (Å²) in [5.74, 6) is -0.708. The molecule has 5 nitrogen and oxygen atoms in total. The van der Waals surface area contributed by atoms with E-state index in [-0.39, 0.29) is 21.9 Å². The third kappa shape index (κ3) is 3.62. The second-order valence-electron chi connectivity index (χ2n) is 4.48. The van der Waals surface area contributed by atoms with Crippen molar-refractivity contribution in [2.24, 2.45) is 5.10 Å². The van der Waals surface area contributed by atoms with E-state index < -0.39 is 15.8 Å². The number of hydrazone groups is 1. The molecule has 0 saturated heterocycles. The Morgan fingerprint density at radius 2 is 1.91 bits per heavy atom. The van der Waals surface area contributed by atoms with Crippen LogP contribution in [0, 0.1) is 5.82 Å². The molecule has 22 heavy (non-hydrogen) atoms. The Morgan fingerprint density at radius 3 is 2.55 bits per heavy atom. The Bertz CT molecular complexity index is 790. The minimum absolute atomic E-state index is 0.0673. The zero-order valence-electron chi connectivity index (χ0n) is 11.8. The third-order valence-corrected chi connectivity index (χ3v) is 4.18. The number of aromatic hydroxyl groups is 1. The SMILES string of the molecule is CCC(=NNS(=O)(=O)c1ccccc1)c1cc(F)ccc1O. The predicted molar refractivity (Wildman–Crippen MR) is 81.7 cm³/mol. The van der Waals surface area contributed by atoms with Crippen molar-refractivity contribution in [2.45, 2.75) is 18.2 Å². The Labute approximate surface area is 128 Å². The first kappa shape index (κ1) is 16.0. The van der Waals surface area contributed by atoms with Crippen LogP contribution in [-0.4, -0.2) is 19.2 Å². The lowest BCUT2D eigenvalue weighted by Gasteiger charge is -2.08. The van der Waals surface area contributed by atoms with Gasteiger partial charge in [-0.05, 0) is 36.8 Å². The third-order valence-electron chi connectivity index (χ3n) is 2.96. The monoisotopic (exact) mass is 322 g/mol. The zero-order chi connectivity index (χ0) is 16.2. The van der Waals surface area contributed by atoms with Gasteiger partial charge in [-0.1, -0.05) is 25.1 Å². The number of benzene rings is 2. The highest BCUT2D eigenvalue weighted by molar-refractivity contribution is 7.89. The lowest BCUT2D eigenvalue weighted by Crippen LogP contribution is -2.20. The number of nitrogens with zero attached hydrogens (tertiary/aromatic N) is 1. The molecule has 0 aliphatic rings. The van der Waals surface area contributed by atoms with Gasteiger partial charge in [-0.25, -0.2) is 4.39 Å². The number of nitrogens with one attached hydrogen (secondary N) is 1. The maximum atomic E-state index is 13.3. The summed E-state index contributed by atoms with van der Waals surface area (Å²) in [4.78, 5) is 2.17. The summed E-state index contributed by atoms with van der Waals surface area (Å²) in [5, 5.41) is 13.6. The molecule has 2 aromatic rings. The maximum Gasteiger partial charge on any atom is 0.276 e. The summed E-state index contributed by atoms with van der Waals surface area (Å²) in [6.07, 6.45) is 0.314. The van der Waals surface area contributed by atoms with Crippen LogP contribution in [0.3, 0.4) is 0 Å². The Kier molecular flexibility index (Phi) is 4.77. The average molecular weight is 322 g/mol. The first-order valence-electron chi connectivity index (χ1n) is 6.56. The van der Waals surface area contributed by atoms with Gasteiger partial charge >= 0.3 is 0 Å². The Hall–Kier alpha value is -2.41. The van der Waals surface area contributed by atoms with Gasteiger partial charge in [0, 0.05) is 5.56 Å². The molecule has 0 spiro atoms. The van der Waals surface area contributed by atoms with Gasteiger partial charge in [0.15, 0.2) is 0 Å². The van der Waals surface area contributed by atoms with Crippen molar-refractivity contribution in [1.82, 2.24) is 4.83 Å². The fourth-order valence-electron chi connectivity index (χ4n) is 1.84. The van der Waals surface area contributed by atoms with Crippen molar-refractivity contribution in [3.8, 4) is 5.75 Å². The molecule has 0 heterocycles. The van der Waals surface area contributed by atoms with E-state index in [0.717, 1.165) is 12.1 Å². The highest BCUT2D eigenvalue weighted by Crippen LogP contribution is 2.20. The number of phenolic OH excluding ortho intramolecular Hbond substituents is 1. The second-order valence-corrected chi connectivity index (χ2v) is 6.14. The molecule has 0 unspecified atom stereocenters. The van der Waals surface area contributed by atoms with Gasteiger partial charge in [0.1, 0.15) is 11.6 Å². The number of hydrogen-bond donors (Lipinski definition) is 2. The van der Waals surface area contributed by atoms with Gasteiger partial charge in [-0.15, -0.1) is 0 Å². The summed E-state index contributed by atoms with van der Waals surface area (Å²) in [6.45, 7) is 1.72. The minimum atomic E-state index is -3.81. The molecule has 0 radical (unpaired) electrons. The van der Waals surface area contributed by atoms with Crippen LogP contribution in [0.5, 0.6) is 5.75 Å². The summed E-state index contributed by atoms with van der Waals surface area (Å²) in [7, 11) is -3.81. The molecule has 0 fully saturated rings. The van der Waals surface area contributed by atoms with Crippen molar-refractivity contribution in [1.29, 1.82) is 0 Å². The van der Waals surface area contributed by atoms with E-state index in [4.69, 9.17) is 0 Å². The fourth-order valence-corrected chi connectivity index (χ4v) is 2.69. The van der Waals surface area contributed by atoms with Gasteiger partial charge in [0.25, 0.3) is 10.0 Å². The van der Waals surface area contributed by atoms with Gasteiger partial charge in [0.2, 0.25) is 0 Å². The normalized spacial score (nSPS) is 12.2. The van der Waals surface area contributed by atoms with E-state index >= 15 is 0 Å². The molecule has 2 aromatic carbocycles. The first-order chi connectivity index (χ1) is 10.4. The molecule has 0 atom stereocenters. The number of sulfonamides is 1. The van der Waals surface area contributed by atoms with Crippen molar-refractivity contribution < 1.29 is 17.9 Å². The highest BCUT2D eigenvalue weighted by atomic mass is 32.2. The number of hydrogen-bond acceptors (Lipinski definition) is 4. The molecule has 0 aliphatic carbocycles. The maximum absolute atomic E-state index is 13.3. The van der Waals surface area contributed by atoms with Crippen LogP contribution in [0.25, 0.3) is 0 Å². The van der Waals surface area contributed by atoms with Crippen LogP contribution in [0.15, 0.2) is 58.5 Å². The molecule has 0 aromatic heterocycles. The highest BCUT2D eigenvalue weighted by Gasteiger charge is 2.14. The topological polar surface area (TPSA) is 78.8 Å². The number of halogens is 1. The Morgan fingerprint density at radius 1 is 1.23 bits per heavy atom. The van der Waals surface area contributed by atoms with Crippen molar-refractivity contribution in [3.63, 3.8) is 0 Å².